The molecule has 1 aliphatic rings. The smallest absolute Gasteiger partial charge is 0.157 e. The summed E-state index contributed by atoms with van der Waals surface area (Å²) in [5.74, 6) is 1.53. The molecular weight excluding hydrogens is 272 g/mol. The van der Waals surface area contributed by atoms with E-state index in [4.69, 9.17) is 10.7 Å². The van der Waals surface area contributed by atoms with E-state index in [1.165, 1.54) is 0 Å². The molecule has 3 aromatic rings. The second-order valence-electron chi connectivity index (χ2n) is 5.38. The summed E-state index contributed by atoms with van der Waals surface area (Å²) in [6.45, 7) is 0.775. The molecule has 4 nitrogen and oxygen atoms in total. The standard InChI is InChI=1S/C18H16N4/c19-17-10-11-22(21-17)18-15(13-6-2-1-3-7-13)12-14-8-4-5-9-16(14)20-18/h1-9,12H,10-11H2,(H2,19,21). The number of nitrogens with zero attached hydrogens (tertiary/aromatic N) is 3. The van der Waals surface area contributed by atoms with Gasteiger partial charge in [-0.05, 0) is 17.7 Å². The number of hydrogen-bond donors (Lipinski definition) is 1. The summed E-state index contributed by atoms with van der Waals surface area (Å²) in [4.78, 5) is 4.83. The van der Waals surface area contributed by atoms with E-state index in [1.807, 2.05) is 41.4 Å². The number of anilines is 1. The fourth-order valence-corrected chi connectivity index (χ4v) is 2.76. The van der Waals surface area contributed by atoms with Gasteiger partial charge in [0.15, 0.2) is 5.82 Å². The Kier molecular flexibility index (Phi) is 3.00. The van der Waals surface area contributed by atoms with E-state index in [0.717, 1.165) is 40.8 Å². The molecule has 0 saturated carbocycles. The number of fused-ring (bicyclic) bond motifs is 1. The zero-order valence-corrected chi connectivity index (χ0v) is 12.1. The first kappa shape index (κ1) is 12.8. The minimum Gasteiger partial charge on any atom is -0.386 e. The topological polar surface area (TPSA) is 54.5 Å². The maximum absolute atomic E-state index is 5.84. The molecule has 0 bridgehead atoms. The van der Waals surface area contributed by atoms with Crippen molar-refractivity contribution in [3.63, 3.8) is 0 Å². The highest BCUT2D eigenvalue weighted by Crippen LogP contribution is 2.33. The van der Waals surface area contributed by atoms with Gasteiger partial charge in [0.05, 0.1) is 12.1 Å². The molecule has 22 heavy (non-hydrogen) atoms. The van der Waals surface area contributed by atoms with Crippen LogP contribution in [0, 0.1) is 0 Å². The Labute approximate surface area is 128 Å². The molecule has 0 saturated heterocycles. The molecule has 0 unspecified atom stereocenters. The number of aromatic nitrogens is 1. The van der Waals surface area contributed by atoms with Gasteiger partial charge in [-0.3, -0.25) is 0 Å². The summed E-state index contributed by atoms with van der Waals surface area (Å²) in [5, 5.41) is 7.45. The molecular formula is C18H16N4. The minimum absolute atomic E-state index is 0.661. The zero-order valence-electron chi connectivity index (χ0n) is 12.1. The first-order valence-corrected chi connectivity index (χ1v) is 7.37. The molecule has 1 aliphatic heterocycles. The van der Waals surface area contributed by atoms with E-state index in [-0.39, 0.29) is 0 Å². The maximum Gasteiger partial charge on any atom is 0.157 e. The molecule has 2 aromatic carbocycles. The van der Waals surface area contributed by atoms with E-state index < -0.39 is 0 Å². The first-order chi connectivity index (χ1) is 10.8. The van der Waals surface area contributed by atoms with E-state index in [0.29, 0.717) is 5.84 Å². The van der Waals surface area contributed by atoms with Gasteiger partial charge in [-0.2, -0.15) is 5.10 Å². The summed E-state index contributed by atoms with van der Waals surface area (Å²) in [6.07, 6.45) is 0.780. The number of para-hydroxylation sites is 1. The summed E-state index contributed by atoms with van der Waals surface area (Å²) in [6, 6.07) is 20.6. The van der Waals surface area contributed by atoms with Crippen LogP contribution in [0.1, 0.15) is 6.42 Å². The number of nitrogens with two attached hydrogens (primary N) is 1. The van der Waals surface area contributed by atoms with Crippen LogP contribution in [0.3, 0.4) is 0 Å². The fraction of sp³-hybridized carbons (Fsp3) is 0.111. The van der Waals surface area contributed by atoms with Crippen molar-refractivity contribution >= 4 is 22.6 Å². The average Bonchev–Trinajstić information content (AvgIpc) is 3.01. The second kappa shape index (κ2) is 5.15. The first-order valence-electron chi connectivity index (χ1n) is 7.37. The molecule has 0 fully saturated rings. The Bertz CT molecular complexity index is 855. The van der Waals surface area contributed by atoms with Gasteiger partial charge in [0.2, 0.25) is 0 Å². The van der Waals surface area contributed by atoms with E-state index >= 15 is 0 Å². The molecule has 2 heterocycles. The normalized spacial score (nSPS) is 14.4. The molecule has 0 amide bonds. The third-order valence-corrected chi connectivity index (χ3v) is 3.86. The number of hydrazone groups is 1. The zero-order chi connectivity index (χ0) is 14.9. The number of benzene rings is 2. The van der Waals surface area contributed by atoms with Crippen molar-refractivity contribution in [1.29, 1.82) is 0 Å². The number of pyridine rings is 1. The highest BCUT2D eigenvalue weighted by Gasteiger charge is 2.19. The van der Waals surface area contributed by atoms with Gasteiger partial charge >= 0.3 is 0 Å². The van der Waals surface area contributed by atoms with Crippen LogP contribution in [-0.2, 0) is 0 Å². The second-order valence-corrected chi connectivity index (χ2v) is 5.38. The highest BCUT2D eigenvalue weighted by molar-refractivity contribution is 5.91. The van der Waals surface area contributed by atoms with E-state index in [1.54, 1.807) is 0 Å². The third kappa shape index (κ3) is 2.19. The molecule has 0 aliphatic carbocycles. The van der Waals surface area contributed by atoms with Crippen molar-refractivity contribution < 1.29 is 0 Å². The molecule has 108 valence electrons. The average molecular weight is 288 g/mol. The maximum atomic E-state index is 5.84. The lowest BCUT2D eigenvalue weighted by Crippen LogP contribution is -2.14. The Morgan fingerprint density at radius 3 is 2.50 bits per heavy atom. The van der Waals surface area contributed by atoms with Crippen molar-refractivity contribution in [2.24, 2.45) is 10.8 Å². The highest BCUT2D eigenvalue weighted by atomic mass is 15.5. The Morgan fingerprint density at radius 2 is 1.73 bits per heavy atom. The molecule has 0 atom stereocenters. The van der Waals surface area contributed by atoms with Crippen LogP contribution < -0.4 is 10.7 Å². The number of hydrogen-bond acceptors (Lipinski definition) is 4. The van der Waals surface area contributed by atoms with Crippen LogP contribution >= 0.6 is 0 Å². The van der Waals surface area contributed by atoms with Crippen LogP contribution in [0.15, 0.2) is 65.8 Å². The SMILES string of the molecule is NC1=NN(c2nc3ccccc3cc2-c2ccccc2)CC1. The lowest BCUT2D eigenvalue weighted by molar-refractivity contribution is 0.902. The van der Waals surface area contributed by atoms with Gasteiger partial charge < -0.3 is 5.73 Å². The van der Waals surface area contributed by atoms with Crippen molar-refractivity contribution in [1.82, 2.24) is 4.98 Å². The fourth-order valence-electron chi connectivity index (χ4n) is 2.76. The quantitative estimate of drug-likeness (QED) is 0.786. The van der Waals surface area contributed by atoms with Gasteiger partial charge in [0.1, 0.15) is 5.84 Å². The van der Waals surface area contributed by atoms with Crippen molar-refractivity contribution in [3.8, 4) is 11.1 Å². The van der Waals surface area contributed by atoms with Crippen LogP contribution in [0.25, 0.3) is 22.0 Å². The van der Waals surface area contributed by atoms with Gasteiger partial charge in [-0.15, -0.1) is 0 Å². The molecule has 0 spiro atoms. The van der Waals surface area contributed by atoms with Crippen LogP contribution in [0.5, 0.6) is 0 Å². The van der Waals surface area contributed by atoms with Gasteiger partial charge in [0.25, 0.3) is 0 Å². The lowest BCUT2D eigenvalue weighted by Gasteiger charge is -2.18. The molecule has 0 radical (unpaired) electrons. The predicted octanol–water partition coefficient (Wildman–Crippen LogP) is 3.38. The molecule has 4 rings (SSSR count). The summed E-state index contributed by atoms with van der Waals surface area (Å²) >= 11 is 0. The van der Waals surface area contributed by atoms with Gasteiger partial charge in [-0.25, -0.2) is 9.99 Å². The predicted molar refractivity (Wildman–Crippen MR) is 90.8 cm³/mol. The van der Waals surface area contributed by atoms with Crippen LogP contribution in [0.2, 0.25) is 0 Å². The number of amidine groups is 1. The van der Waals surface area contributed by atoms with Crippen molar-refractivity contribution in [2.45, 2.75) is 6.42 Å². The lowest BCUT2D eigenvalue weighted by atomic mass is 10.0. The molecule has 1 aromatic heterocycles. The minimum atomic E-state index is 0.661. The monoisotopic (exact) mass is 288 g/mol. The largest absolute Gasteiger partial charge is 0.386 e. The van der Waals surface area contributed by atoms with Crippen LogP contribution in [-0.4, -0.2) is 17.4 Å². The van der Waals surface area contributed by atoms with Crippen LogP contribution in [0.4, 0.5) is 5.82 Å². The summed E-state index contributed by atoms with van der Waals surface area (Å²) < 4.78 is 0. The van der Waals surface area contributed by atoms with Crippen molar-refractivity contribution in [2.75, 3.05) is 11.6 Å². The summed E-state index contributed by atoms with van der Waals surface area (Å²) in [7, 11) is 0. The van der Waals surface area contributed by atoms with Gasteiger partial charge in [-0.1, -0.05) is 48.5 Å². The van der Waals surface area contributed by atoms with E-state index in [2.05, 4.69) is 29.4 Å². The Hall–Kier alpha value is -2.88. The number of rotatable bonds is 2. The van der Waals surface area contributed by atoms with Gasteiger partial charge in [0, 0.05) is 17.4 Å². The van der Waals surface area contributed by atoms with Crippen molar-refractivity contribution in [3.05, 3.63) is 60.7 Å². The third-order valence-electron chi connectivity index (χ3n) is 3.86. The summed E-state index contributed by atoms with van der Waals surface area (Å²) in [5.41, 5.74) is 9.03. The van der Waals surface area contributed by atoms with E-state index in [9.17, 15) is 0 Å². The molecule has 4 heteroatoms. The Balaban J connectivity index is 1.96. The molecule has 2 N–H and O–H groups in total. The Morgan fingerprint density at radius 1 is 0.955 bits per heavy atom.